The number of carboxylic acid groups (broad SMARTS) is 1. The van der Waals surface area contributed by atoms with Crippen LogP contribution >= 0.6 is 0 Å². The summed E-state index contributed by atoms with van der Waals surface area (Å²) in [5.41, 5.74) is 2.33. The molecule has 2 aliphatic heterocycles. The van der Waals surface area contributed by atoms with Gasteiger partial charge in [0.1, 0.15) is 5.82 Å². The van der Waals surface area contributed by atoms with Gasteiger partial charge in [0.25, 0.3) is 0 Å². The lowest BCUT2D eigenvalue weighted by atomic mass is 9.83. The highest BCUT2D eigenvalue weighted by Crippen LogP contribution is 2.40. The predicted octanol–water partition coefficient (Wildman–Crippen LogP) is 3.36. The smallest absolute Gasteiger partial charge is 0.475 e. The molecule has 1 saturated heterocycles. The number of imidazole rings is 1. The maximum Gasteiger partial charge on any atom is 0.490 e. The van der Waals surface area contributed by atoms with Crippen LogP contribution in [0, 0.1) is 6.92 Å². The Morgan fingerprint density at radius 2 is 1.74 bits per heavy atom. The zero-order valence-corrected chi connectivity index (χ0v) is 19.3. The summed E-state index contributed by atoms with van der Waals surface area (Å²) in [5, 5.41) is 10.2. The summed E-state index contributed by atoms with van der Waals surface area (Å²) in [6.45, 7) is 9.56. The van der Waals surface area contributed by atoms with Gasteiger partial charge in [0.05, 0.1) is 5.54 Å². The third kappa shape index (κ3) is 5.52. The van der Waals surface area contributed by atoms with Crippen LogP contribution in [-0.2, 0) is 23.4 Å². The Bertz CT molecular complexity index is 985. The summed E-state index contributed by atoms with van der Waals surface area (Å²) in [6.07, 6.45) is -1.21. The Morgan fingerprint density at radius 1 is 1.12 bits per heavy atom. The van der Waals surface area contributed by atoms with Gasteiger partial charge in [0.15, 0.2) is 0 Å². The first kappa shape index (κ1) is 25.5. The molecular weight excluding hydrogens is 451 g/mol. The van der Waals surface area contributed by atoms with Crippen molar-refractivity contribution in [1.29, 1.82) is 0 Å². The number of likely N-dealkylation sites (N-methyl/N-ethyl adjacent to an activating group) is 1. The molecule has 0 saturated carbocycles. The molecule has 2 aliphatic rings. The minimum Gasteiger partial charge on any atom is -0.475 e. The highest BCUT2D eigenvalue weighted by Gasteiger charge is 2.46. The molecule has 1 spiro atoms. The number of halogens is 3. The average Bonchev–Trinajstić information content (AvgIpc) is 3.20. The largest absolute Gasteiger partial charge is 0.490 e. The lowest BCUT2D eigenvalue weighted by molar-refractivity contribution is -0.192. The number of likely N-dealkylation sites (tertiary alicyclic amines) is 1. The third-order valence-electron chi connectivity index (χ3n) is 6.46. The van der Waals surface area contributed by atoms with E-state index in [4.69, 9.17) is 14.9 Å². The number of nitrogens with one attached hydrogen (secondary N) is 1. The number of carboxylic acids is 1. The minimum absolute atomic E-state index is 0.0303. The van der Waals surface area contributed by atoms with Crippen molar-refractivity contribution >= 4 is 12.0 Å². The van der Waals surface area contributed by atoms with E-state index < -0.39 is 12.1 Å². The van der Waals surface area contributed by atoms with Crippen LogP contribution in [0.3, 0.4) is 0 Å². The van der Waals surface area contributed by atoms with Gasteiger partial charge in [0, 0.05) is 44.6 Å². The van der Waals surface area contributed by atoms with Gasteiger partial charge in [-0.15, -0.1) is 0 Å². The molecule has 0 aliphatic carbocycles. The van der Waals surface area contributed by atoms with Crippen molar-refractivity contribution in [1.82, 2.24) is 24.7 Å². The van der Waals surface area contributed by atoms with E-state index >= 15 is 0 Å². The molecule has 0 radical (unpaired) electrons. The monoisotopic (exact) mass is 481 g/mol. The minimum atomic E-state index is -5.08. The molecule has 4 rings (SSSR count). The number of rotatable bonds is 3. The lowest BCUT2D eigenvalue weighted by Gasteiger charge is -2.50. The number of carbonyl (C=O) groups excluding carboxylic acids is 1. The molecule has 3 heterocycles. The lowest BCUT2D eigenvalue weighted by Crippen LogP contribution is -2.59. The number of nitrogens with zero attached hydrogens (tertiary/aromatic N) is 4. The Balaban J connectivity index is 0.000000406. The first-order chi connectivity index (χ1) is 16.1. The van der Waals surface area contributed by atoms with Crippen molar-refractivity contribution in [3.63, 3.8) is 0 Å². The van der Waals surface area contributed by atoms with Gasteiger partial charge < -0.3 is 19.9 Å². The number of fused-ring (bicyclic) bond motifs is 2. The van der Waals surface area contributed by atoms with E-state index in [0.29, 0.717) is 6.54 Å². The average molecular weight is 482 g/mol. The first-order valence-corrected chi connectivity index (χ1v) is 11.2. The van der Waals surface area contributed by atoms with Crippen LogP contribution in [0.2, 0.25) is 0 Å². The summed E-state index contributed by atoms with van der Waals surface area (Å²) < 4.78 is 34.1. The van der Waals surface area contributed by atoms with Gasteiger partial charge >= 0.3 is 18.2 Å². The normalized spacial score (nSPS) is 17.5. The van der Waals surface area contributed by atoms with Gasteiger partial charge in [0.2, 0.25) is 0 Å². The predicted molar refractivity (Wildman–Crippen MR) is 119 cm³/mol. The fourth-order valence-electron chi connectivity index (χ4n) is 4.66. The molecule has 0 unspecified atom stereocenters. The zero-order valence-electron chi connectivity index (χ0n) is 19.3. The topological polar surface area (TPSA) is 90.7 Å². The van der Waals surface area contributed by atoms with Crippen LogP contribution in [0.25, 0.3) is 0 Å². The summed E-state index contributed by atoms with van der Waals surface area (Å²) in [4.78, 5) is 30.8. The molecule has 2 aromatic rings. The molecule has 1 fully saturated rings. The van der Waals surface area contributed by atoms with Crippen LogP contribution in [0.15, 0.2) is 36.5 Å². The molecule has 186 valence electrons. The number of hydrogen-bond donors (Lipinski definition) is 2. The second-order valence-electron chi connectivity index (χ2n) is 8.42. The van der Waals surface area contributed by atoms with E-state index in [2.05, 4.69) is 28.6 Å². The summed E-state index contributed by atoms with van der Waals surface area (Å²) in [6, 6.07) is 10.1. The Labute approximate surface area is 196 Å². The van der Waals surface area contributed by atoms with Crippen LogP contribution in [0.1, 0.15) is 36.8 Å². The fraction of sp³-hybridized carbons (Fsp3) is 0.522. The van der Waals surface area contributed by atoms with Crippen molar-refractivity contribution in [2.45, 2.75) is 51.5 Å². The van der Waals surface area contributed by atoms with Crippen molar-refractivity contribution in [3.05, 3.63) is 53.6 Å². The number of piperidine rings is 1. The summed E-state index contributed by atoms with van der Waals surface area (Å²) in [7, 11) is 0. The number of amides is 2. The van der Waals surface area contributed by atoms with Crippen molar-refractivity contribution < 1.29 is 27.9 Å². The van der Waals surface area contributed by atoms with E-state index in [9.17, 15) is 18.0 Å². The molecular formula is C23H30F3N5O3. The Hall–Kier alpha value is -3.08. The van der Waals surface area contributed by atoms with E-state index in [1.807, 2.05) is 41.4 Å². The Morgan fingerprint density at radius 3 is 2.29 bits per heavy atom. The maximum absolute atomic E-state index is 12.6. The zero-order chi connectivity index (χ0) is 24.9. The molecule has 8 nitrogen and oxygen atoms in total. The van der Waals surface area contributed by atoms with Crippen LogP contribution < -0.4 is 5.32 Å². The quantitative estimate of drug-likeness (QED) is 0.702. The number of aryl methyl sites for hydroxylation is 1. The number of hydrogen-bond acceptors (Lipinski definition) is 4. The second kappa shape index (κ2) is 10.5. The summed E-state index contributed by atoms with van der Waals surface area (Å²) >= 11 is 0. The van der Waals surface area contributed by atoms with E-state index in [-0.39, 0.29) is 11.6 Å². The molecule has 11 heteroatoms. The molecule has 1 aromatic heterocycles. The maximum atomic E-state index is 12.6. The number of carbonyl (C=O) groups is 2. The standard InChI is InChI=1S/C21H29N5O.C2HF3O2/c1-3-25-13-14-26-17(2)15-22-19(26)21(25)9-11-24(12-10-21)20(27)23-16-18-7-5-4-6-8-18;3-2(4,5)1(6)7/h4-8,15H,3,9-14,16H2,1-2H3,(H,23,27);(H,6,7). The molecule has 1 aromatic carbocycles. The van der Waals surface area contributed by atoms with Gasteiger partial charge in [-0.2, -0.15) is 13.2 Å². The molecule has 0 atom stereocenters. The third-order valence-corrected chi connectivity index (χ3v) is 6.46. The van der Waals surface area contributed by atoms with Gasteiger partial charge in [-0.3, -0.25) is 4.90 Å². The van der Waals surface area contributed by atoms with E-state index in [0.717, 1.165) is 51.1 Å². The summed E-state index contributed by atoms with van der Waals surface area (Å²) in [5.74, 6) is -1.56. The van der Waals surface area contributed by atoms with Crippen molar-refractivity contribution in [3.8, 4) is 0 Å². The number of aromatic nitrogens is 2. The number of urea groups is 1. The van der Waals surface area contributed by atoms with Gasteiger partial charge in [-0.05, 0) is 31.9 Å². The first-order valence-electron chi connectivity index (χ1n) is 11.2. The molecule has 2 N–H and O–H groups in total. The molecule has 0 bridgehead atoms. The van der Waals surface area contributed by atoms with Crippen LogP contribution in [0.5, 0.6) is 0 Å². The van der Waals surface area contributed by atoms with Gasteiger partial charge in [-0.25, -0.2) is 14.6 Å². The fourth-order valence-corrected chi connectivity index (χ4v) is 4.66. The Kier molecular flexibility index (Phi) is 7.86. The molecule has 34 heavy (non-hydrogen) atoms. The van der Waals surface area contributed by atoms with Crippen molar-refractivity contribution in [2.24, 2.45) is 0 Å². The number of aliphatic carboxylic acids is 1. The second-order valence-corrected chi connectivity index (χ2v) is 8.42. The number of alkyl halides is 3. The highest BCUT2D eigenvalue weighted by molar-refractivity contribution is 5.74. The number of benzene rings is 1. The van der Waals surface area contributed by atoms with Crippen LogP contribution in [0.4, 0.5) is 18.0 Å². The van der Waals surface area contributed by atoms with Crippen LogP contribution in [-0.4, -0.2) is 68.8 Å². The van der Waals surface area contributed by atoms with Crippen molar-refractivity contribution in [2.75, 3.05) is 26.2 Å². The van der Waals surface area contributed by atoms with E-state index in [1.165, 1.54) is 11.5 Å². The van der Waals surface area contributed by atoms with Gasteiger partial charge in [-0.1, -0.05) is 37.3 Å². The molecule has 2 amide bonds. The SMILES string of the molecule is CCN1CCn2c(C)cnc2C12CCN(C(=O)NCc1ccccc1)CC2.O=C(O)C(F)(F)F. The highest BCUT2D eigenvalue weighted by atomic mass is 19.4. The van der Waals surface area contributed by atoms with E-state index in [1.54, 1.807) is 0 Å².